The Labute approximate surface area is 137 Å². The van der Waals surface area contributed by atoms with Crippen molar-refractivity contribution >= 4 is 17.5 Å². The average Bonchev–Trinajstić information content (AvgIpc) is 2.40. The van der Waals surface area contributed by atoms with Crippen molar-refractivity contribution < 1.29 is 17.6 Å². The van der Waals surface area contributed by atoms with Crippen LogP contribution in [0.5, 0.6) is 0 Å². The van der Waals surface area contributed by atoms with Crippen LogP contribution in [0.25, 0.3) is 0 Å². The summed E-state index contributed by atoms with van der Waals surface area (Å²) in [5.41, 5.74) is -0.863. The number of nitrogens with one attached hydrogen (secondary N) is 2. The van der Waals surface area contributed by atoms with Gasteiger partial charge in [0.2, 0.25) is 5.95 Å². The summed E-state index contributed by atoms with van der Waals surface area (Å²) < 4.78 is 52.7. The van der Waals surface area contributed by atoms with Gasteiger partial charge in [0.05, 0.1) is 0 Å². The lowest BCUT2D eigenvalue weighted by Gasteiger charge is -2.21. The lowest BCUT2D eigenvalue weighted by molar-refractivity contribution is -0.141. The van der Waals surface area contributed by atoms with Gasteiger partial charge >= 0.3 is 6.18 Å². The van der Waals surface area contributed by atoms with E-state index in [1.807, 2.05) is 0 Å². The van der Waals surface area contributed by atoms with Crippen molar-refractivity contribution in [2.45, 2.75) is 39.4 Å². The number of aryl methyl sites for hydroxylation is 1. The maximum atomic E-state index is 13.6. The normalized spacial score (nSPS) is 12.2. The molecule has 0 aliphatic rings. The number of rotatable bonds is 3. The SMILES string of the molecule is Cc1ccc(Nc2cc(C(F)(F)F)nc(NC(C)(C)C)n2)cc1F. The summed E-state index contributed by atoms with van der Waals surface area (Å²) in [6, 6.07) is 5.07. The number of aromatic nitrogens is 2. The van der Waals surface area contributed by atoms with Gasteiger partial charge in [0.15, 0.2) is 5.69 Å². The summed E-state index contributed by atoms with van der Waals surface area (Å²) in [4.78, 5) is 7.53. The number of nitrogens with zero attached hydrogens (tertiary/aromatic N) is 2. The van der Waals surface area contributed by atoms with Gasteiger partial charge in [0, 0.05) is 17.3 Å². The monoisotopic (exact) mass is 342 g/mol. The molecule has 1 aromatic heterocycles. The number of benzene rings is 1. The fraction of sp³-hybridized carbons (Fsp3) is 0.375. The second-order valence-corrected chi connectivity index (χ2v) is 6.42. The summed E-state index contributed by atoms with van der Waals surface area (Å²) in [6.45, 7) is 6.92. The van der Waals surface area contributed by atoms with E-state index in [4.69, 9.17) is 0 Å². The van der Waals surface area contributed by atoms with E-state index < -0.39 is 23.2 Å². The van der Waals surface area contributed by atoms with Gasteiger partial charge < -0.3 is 10.6 Å². The maximum Gasteiger partial charge on any atom is 0.433 e. The van der Waals surface area contributed by atoms with Gasteiger partial charge in [-0.2, -0.15) is 18.2 Å². The second kappa shape index (κ2) is 6.26. The molecule has 0 bridgehead atoms. The average molecular weight is 342 g/mol. The molecular formula is C16H18F4N4. The third-order valence-electron chi connectivity index (χ3n) is 2.95. The molecule has 130 valence electrons. The van der Waals surface area contributed by atoms with Gasteiger partial charge in [-0.25, -0.2) is 9.37 Å². The van der Waals surface area contributed by atoms with E-state index in [-0.39, 0.29) is 11.8 Å². The zero-order valence-corrected chi connectivity index (χ0v) is 13.7. The molecule has 1 heterocycles. The summed E-state index contributed by atoms with van der Waals surface area (Å²) in [6.07, 6.45) is -4.62. The highest BCUT2D eigenvalue weighted by molar-refractivity contribution is 5.58. The van der Waals surface area contributed by atoms with Crippen molar-refractivity contribution in [1.29, 1.82) is 0 Å². The Morgan fingerprint density at radius 2 is 1.67 bits per heavy atom. The molecule has 0 aliphatic carbocycles. The van der Waals surface area contributed by atoms with Gasteiger partial charge in [0.1, 0.15) is 11.6 Å². The fourth-order valence-electron chi connectivity index (χ4n) is 1.87. The summed E-state index contributed by atoms with van der Waals surface area (Å²) in [7, 11) is 0. The van der Waals surface area contributed by atoms with Crippen LogP contribution in [0.2, 0.25) is 0 Å². The minimum absolute atomic E-state index is 0.0765. The fourth-order valence-corrected chi connectivity index (χ4v) is 1.87. The van der Waals surface area contributed by atoms with Crippen molar-refractivity contribution in [3.63, 3.8) is 0 Å². The molecular weight excluding hydrogens is 324 g/mol. The van der Waals surface area contributed by atoms with Crippen LogP contribution in [0.1, 0.15) is 32.0 Å². The van der Waals surface area contributed by atoms with Crippen molar-refractivity contribution in [3.05, 3.63) is 41.3 Å². The van der Waals surface area contributed by atoms with Crippen molar-refractivity contribution in [2.75, 3.05) is 10.6 Å². The number of halogens is 4. The van der Waals surface area contributed by atoms with Gasteiger partial charge in [-0.3, -0.25) is 0 Å². The number of anilines is 3. The molecule has 0 fully saturated rings. The van der Waals surface area contributed by atoms with Crippen LogP contribution in [-0.2, 0) is 6.18 Å². The first-order valence-corrected chi connectivity index (χ1v) is 7.22. The van der Waals surface area contributed by atoms with E-state index in [9.17, 15) is 17.6 Å². The number of hydrogen-bond acceptors (Lipinski definition) is 4. The Kier molecular flexibility index (Phi) is 4.68. The molecule has 24 heavy (non-hydrogen) atoms. The predicted molar refractivity (Wildman–Crippen MR) is 84.8 cm³/mol. The maximum absolute atomic E-state index is 13.6. The lowest BCUT2D eigenvalue weighted by atomic mass is 10.1. The molecule has 2 N–H and O–H groups in total. The Morgan fingerprint density at radius 1 is 1.00 bits per heavy atom. The van der Waals surface area contributed by atoms with E-state index >= 15 is 0 Å². The summed E-state index contributed by atoms with van der Waals surface area (Å²) in [5.74, 6) is -0.696. The van der Waals surface area contributed by atoms with Gasteiger partial charge in [-0.1, -0.05) is 6.07 Å². The highest BCUT2D eigenvalue weighted by Gasteiger charge is 2.34. The van der Waals surface area contributed by atoms with E-state index in [0.29, 0.717) is 11.3 Å². The van der Waals surface area contributed by atoms with E-state index in [1.165, 1.54) is 12.1 Å². The van der Waals surface area contributed by atoms with Crippen LogP contribution >= 0.6 is 0 Å². The molecule has 0 spiro atoms. The molecule has 0 amide bonds. The molecule has 0 saturated carbocycles. The third kappa shape index (κ3) is 4.81. The van der Waals surface area contributed by atoms with E-state index in [0.717, 1.165) is 6.07 Å². The van der Waals surface area contributed by atoms with Crippen molar-refractivity contribution in [1.82, 2.24) is 9.97 Å². The largest absolute Gasteiger partial charge is 0.433 e. The molecule has 0 aliphatic heterocycles. The minimum Gasteiger partial charge on any atom is -0.350 e. The first-order chi connectivity index (χ1) is 10.9. The zero-order valence-electron chi connectivity index (χ0n) is 13.7. The summed E-state index contributed by atoms with van der Waals surface area (Å²) >= 11 is 0. The van der Waals surface area contributed by atoms with Crippen LogP contribution in [0.3, 0.4) is 0 Å². The smallest absolute Gasteiger partial charge is 0.350 e. The first kappa shape index (κ1) is 18.0. The Balaban J connectivity index is 2.40. The second-order valence-electron chi connectivity index (χ2n) is 6.42. The Bertz CT molecular complexity index is 736. The Morgan fingerprint density at radius 3 is 2.21 bits per heavy atom. The molecule has 2 rings (SSSR count). The molecule has 0 saturated heterocycles. The topological polar surface area (TPSA) is 49.8 Å². The molecule has 8 heteroatoms. The van der Waals surface area contributed by atoms with E-state index in [1.54, 1.807) is 33.8 Å². The van der Waals surface area contributed by atoms with Crippen LogP contribution < -0.4 is 10.6 Å². The van der Waals surface area contributed by atoms with Crippen LogP contribution in [0.15, 0.2) is 24.3 Å². The predicted octanol–water partition coefficient (Wildman–Crippen LogP) is 4.90. The standard InChI is InChI=1S/C16H18F4N4/c1-9-5-6-10(7-11(9)17)21-13-8-12(16(18,19)20)22-14(23-13)24-15(2,3)4/h5-8H,1-4H3,(H2,21,22,23,24). The minimum atomic E-state index is -4.62. The van der Waals surface area contributed by atoms with Crippen molar-refractivity contribution in [3.8, 4) is 0 Å². The molecule has 0 unspecified atom stereocenters. The molecule has 0 radical (unpaired) electrons. The molecule has 0 atom stereocenters. The van der Waals surface area contributed by atoms with Crippen LogP contribution in [0, 0.1) is 12.7 Å². The zero-order chi connectivity index (χ0) is 18.1. The molecule has 1 aromatic carbocycles. The van der Waals surface area contributed by atoms with Crippen LogP contribution in [0.4, 0.5) is 35.0 Å². The highest BCUT2D eigenvalue weighted by atomic mass is 19.4. The quantitative estimate of drug-likeness (QED) is 0.779. The van der Waals surface area contributed by atoms with Gasteiger partial charge in [-0.15, -0.1) is 0 Å². The van der Waals surface area contributed by atoms with Crippen molar-refractivity contribution in [2.24, 2.45) is 0 Å². The van der Waals surface area contributed by atoms with Gasteiger partial charge in [-0.05, 0) is 45.4 Å². The third-order valence-corrected chi connectivity index (χ3v) is 2.95. The number of hydrogen-bond donors (Lipinski definition) is 2. The number of alkyl halides is 3. The van der Waals surface area contributed by atoms with Crippen LogP contribution in [-0.4, -0.2) is 15.5 Å². The summed E-state index contributed by atoms with van der Waals surface area (Å²) in [5, 5.41) is 5.48. The lowest BCUT2D eigenvalue weighted by Crippen LogP contribution is -2.28. The van der Waals surface area contributed by atoms with Gasteiger partial charge in [0.25, 0.3) is 0 Å². The molecule has 2 aromatic rings. The van der Waals surface area contributed by atoms with E-state index in [2.05, 4.69) is 20.6 Å². The first-order valence-electron chi connectivity index (χ1n) is 7.22. The Hall–Kier alpha value is -2.38. The highest BCUT2D eigenvalue weighted by Crippen LogP contribution is 2.31. The molecule has 4 nitrogen and oxygen atoms in total.